The number of hydrogen-bond donors (Lipinski definition) is 2. The summed E-state index contributed by atoms with van der Waals surface area (Å²) in [5.74, 6) is -3.21. The van der Waals surface area contributed by atoms with Gasteiger partial charge in [-0.15, -0.1) is 0 Å². The molecule has 2 aromatic carbocycles. The van der Waals surface area contributed by atoms with Crippen LogP contribution in [0.1, 0.15) is 21.6 Å². The van der Waals surface area contributed by atoms with Gasteiger partial charge in [0.2, 0.25) is 0 Å². The van der Waals surface area contributed by atoms with E-state index in [1.807, 2.05) is 24.3 Å². The van der Waals surface area contributed by atoms with E-state index in [2.05, 4.69) is 4.98 Å². The van der Waals surface area contributed by atoms with Crippen LogP contribution in [0.2, 0.25) is 0 Å². The highest BCUT2D eigenvalue weighted by atomic mass is 19.2. The zero-order chi connectivity index (χ0) is 16.8. The smallest absolute Gasteiger partial charge is 0.352 e. The molecule has 120 valence electrons. The third-order valence-corrected chi connectivity index (χ3v) is 4.47. The van der Waals surface area contributed by atoms with E-state index in [0.717, 1.165) is 29.2 Å². The fourth-order valence-corrected chi connectivity index (χ4v) is 3.42. The number of aromatic nitrogens is 1. The predicted octanol–water partition coefficient (Wildman–Crippen LogP) is 4.42. The van der Waals surface area contributed by atoms with Gasteiger partial charge in [0.15, 0.2) is 11.6 Å². The van der Waals surface area contributed by atoms with Crippen LogP contribution in [0.15, 0.2) is 42.5 Å². The molecule has 4 rings (SSSR count). The summed E-state index contributed by atoms with van der Waals surface area (Å²) in [5.41, 5.74) is 3.51. The molecule has 1 aliphatic carbocycles. The van der Waals surface area contributed by atoms with Gasteiger partial charge in [0.25, 0.3) is 0 Å². The third-order valence-electron chi connectivity index (χ3n) is 4.47. The Bertz CT molecular complexity index is 975. The molecule has 0 spiro atoms. The number of rotatable bonds is 2. The monoisotopic (exact) mass is 325 g/mol. The first-order valence-electron chi connectivity index (χ1n) is 7.58. The largest absolute Gasteiger partial charge is 0.477 e. The van der Waals surface area contributed by atoms with Crippen LogP contribution < -0.4 is 0 Å². The average molecular weight is 325 g/mol. The van der Waals surface area contributed by atoms with Crippen molar-refractivity contribution in [2.75, 3.05) is 0 Å². The van der Waals surface area contributed by atoms with Gasteiger partial charge >= 0.3 is 5.97 Å². The van der Waals surface area contributed by atoms with Crippen LogP contribution in [0.25, 0.3) is 22.4 Å². The number of carbonyl (C=O) groups is 1. The molecule has 1 aliphatic rings. The number of carboxylic acid groups (broad SMARTS) is 1. The standard InChI is InChI=1S/C19H13F2NO2/c20-14-7-3-6-12(16(14)21)15-13-9-8-10-4-1-2-5-11(10)17(13)22-18(15)19(23)24/h1-7,22H,8-9H2,(H,23,24). The first-order chi connectivity index (χ1) is 11.6. The summed E-state index contributed by atoms with van der Waals surface area (Å²) in [4.78, 5) is 14.6. The number of aryl methyl sites for hydroxylation is 1. The number of benzene rings is 2. The molecule has 0 saturated heterocycles. The Balaban J connectivity index is 2.04. The lowest BCUT2D eigenvalue weighted by Crippen LogP contribution is -2.04. The minimum atomic E-state index is -1.19. The van der Waals surface area contributed by atoms with Gasteiger partial charge in [0, 0.05) is 16.7 Å². The molecule has 0 atom stereocenters. The predicted molar refractivity (Wildman–Crippen MR) is 85.9 cm³/mol. The van der Waals surface area contributed by atoms with E-state index in [9.17, 15) is 18.7 Å². The fraction of sp³-hybridized carbons (Fsp3) is 0.105. The highest BCUT2D eigenvalue weighted by molar-refractivity contribution is 5.99. The molecule has 3 aromatic rings. The highest BCUT2D eigenvalue weighted by Crippen LogP contribution is 2.41. The van der Waals surface area contributed by atoms with E-state index in [1.165, 1.54) is 12.1 Å². The van der Waals surface area contributed by atoms with Crippen LogP contribution in [-0.4, -0.2) is 16.1 Å². The van der Waals surface area contributed by atoms with Crippen molar-refractivity contribution in [1.29, 1.82) is 0 Å². The Hall–Kier alpha value is -2.95. The summed E-state index contributed by atoms with van der Waals surface area (Å²) >= 11 is 0. The van der Waals surface area contributed by atoms with Crippen LogP contribution in [0, 0.1) is 11.6 Å². The number of H-pyrrole nitrogens is 1. The van der Waals surface area contributed by atoms with E-state index < -0.39 is 17.6 Å². The van der Waals surface area contributed by atoms with Crippen LogP contribution in [0.4, 0.5) is 8.78 Å². The molecule has 2 N–H and O–H groups in total. The van der Waals surface area contributed by atoms with E-state index in [0.29, 0.717) is 12.1 Å². The molecule has 0 radical (unpaired) electrons. The molecular weight excluding hydrogens is 312 g/mol. The van der Waals surface area contributed by atoms with Gasteiger partial charge in [-0.1, -0.05) is 36.4 Å². The van der Waals surface area contributed by atoms with Gasteiger partial charge < -0.3 is 10.1 Å². The first kappa shape index (κ1) is 14.6. The SMILES string of the molecule is O=C(O)c1[nH]c2c(c1-c1cccc(F)c1F)CCc1ccccc1-2. The number of fused-ring (bicyclic) bond motifs is 3. The molecule has 5 heteroatoms. The van der Waals surface area contributed by atoms with Gasteiger partial charge in [-0.2, -0.15) is 0 Å². The van der Waals surface area contributed by atoms with Crippen LogP contribution in [0.3, 0.4) is 0 Å². The van der Waals surface area contributed by atoms with Gasteiger partial charge in [-0.05, 0) is 30.0 Å². The van der Waals surface area contributed by atoms with Crippen molar-refractivity contribution in [3.63, 3.8) is 0 Å². The summed E-state index contributed by atoms with van der Waals surface area (Å²) in [6.07, 6.45) is 1.30. The number of nitrogens with one attached hydrogen (secondary N) is 1. The van der Waals surface area contributed by atoms with E-state index in [-0.39, 0.29) is 16.8 Å². The molecule has 0 unspecified atom stereocenters. The molecule has 0 amide bonds. The molecule has 0 saturated carbocycles. The molecular formula is C19H13F2NO2. The zero-order valence-electron chi connectivity index (χ0n) is 12.6. The summed E-state index contributed by atoms with van der Waals surface area (Å²) in [6.45, 7) is 0. The highest BCUT2D eigenvalue weighted by Gasteiger charge is 2.29. The Labute approximate surface area is 136 Å². The molecule has 3 nitrogen and oxygen atoms in total. The molecule has 0 bridgehead atoms. The zero-order valence-corrected chi connectivity index (χ0v) is 12.6. The van der Waals surface area contributed by atoms with Crippen LogP contribution >= 0.6 is 0 Å². The molecule has 1 aromatic heterocycles. The van der Waals surface area contributed by atoms with Crippen molar-refractivity contribution in [2.45, 2.75) is 12.8 Å². The lowest BCUT2D eigenvalue weighted by Gasteiger charge is -2.17. The Kier molecular flexibility index (Phi) is 3.23. The molecule has 1 heterocycles. The van der Waals surface area contributed by atoms with Crippen molar-refractivity contribution < 1.29 is 18.7 Å². The second-order valence-corrected chi connectivity index (χ2v) is 5.79. The van der Waals surface area contributed by atoms with Crippen molar-refractivity contribution in [3.05, 3.63) is 70.9 Å². The number of aromatic carboxylic acids is 1. The summed E-state index contributed by atoms with van der Waals surface area (Å²) < 4.78 is 27.9. The van der Waals surface area contributed by atoms with E-state index in [4.69, 9.17) is 0 Å². The van der Waals surface area contributed by atoms with Gasteiger partial charge in [0.05, 0.1) is 5.69 Å². The van der Waals surface area contributed by atoms with Crippen LogP contribution in [0.5, 0.6) is 0 Å². The number of hydrogen-bond acceptors (Lipinski definition) is 1. The molecule has 24 heavy (non-hydrogen) atoms. The lowest BCUT2D eigenvalue weighted by molar-refractivity contribution is 0.0692. The third kappa shape index (κ3) is 2.05. The minimum absolute atomic E-state index is 0.0238. The number of halogens is 2. The topological polar surface area (TPSA) is 53.1 Å². The summed E-state index contributed by atoms with van der Waals surface area (Å²) in [6, 6.07) is 11.5. The average Bonchev–Trinajstić information content (AvgIpc) is 2.97. The van der Waals surface area contributed by atoms with Gasteiger partial charge in [-0.25, -0.2) is 13.6 Å². The van der Waals surface area contributed by atoms with Gasteiger partial charge in [0.1, 0.15) is 5.69 Å². The lowest BCUT2D eigenvalue weighted by atomic mass is 9.86. The number of carboxylic acids is 1. The minimum Gasteiger partial charge on any atom is -0.477 e. The maximum atomic E-state index is 14.3. The number of aromatic amines is 1. The maximum absolute atomic E-state index is 14.3. The maximum Gasteiger partial charge on any atom is 0.352 e. The second kappa shape index (κ2) is 5.30. The van der Waals surface area contributed by atoms with Crippen molar-refractivity contribution in [2.24, 2.45) is 0 Å². The van der Waals surface area contributed by atoms with Crippen molar-refractivity contribution in [3.8, 4) is 22.4 Å². The Morgan fingerprint density at radius 3 is 2.54 bits per heavy atom. The van der Waals surface area contributed by atoms with E-state index in [1.54, 1.807) is 0 Å². The fourth-order valence-electron chi connectivity index (χ4n) is 3.42. The van der Waals surface area contributed by atoms with Crippen molar-refractivity contribution in [1.82, 2.24) is 4.98 Å². The molecule has 0 fully saturated rings. The molecule has 0 aliphatic heterocycles. The Morgan fingerprint density at radius 2 is 1.75 bits per heavy atom. The summed E-state index contributed by atoms with van der Waals surface area (Å²) in [7, 11) is 0. The van der Waals surface area contributed by atoms with E-state index >= 15 is 0 Å². The van der Waals surface area contributed by atoms with Crippen LogP contribution in [-0.2, 0) is 12.8 Å². The quantitative estimate of drug-likeness (QED) is 0.732. The summed E-state index contributed by atoms with van der Waals surface area (Å²) in [5, 5.41) is 9.54. The first-order valence-corrected chi connectivity index (χ1v) is 7.58. The van der Waals surface area contributed by atoms with Crippen molar-refractivity contribution >= 4 is 5.97 Å². The van der Waals surface area contributed by atoms with Gasteiger partial charge in [-0.3, -0.25) is 0 Å². The second-order valence-electron chi connectivity index (χ2n) is 5.79. The Morgan fingerprint density at radius 1 is 1.00 bits per heavy atom. The normalized spacial score (nSPS) is 12.6.